The first kappa shape index (κ1) is 18.8. The van der Waals surface area contributed by atoms with E-state index < -0.39 is 5.97 Å². The van der Waals surface area contributed by atoms with E-state index in [9.17, 15) is 19.2 Å². The molecular weight excluding hydrogens is 368 g/mol. The van der Waals surface area contributed by atoms with Crippen molar-refractivity contribution >= 4 is 40.7 Å². The van der Waals surface area contributed by atoms with E-state index in [0.29, 0.717) is 12.2 Å². The summed E-state index contributed by atoms with van der Waals surface area (Å²) in [5.41, 5.74) is 1.51. The lowest BCUT2D eigenvalue weighted by Gasteiger charge is -2.17. The second kappa shape index (κ2) is 8.13. The molecule has 3 rings (SSSR count). The van der Waals surface area contributed by atoms with E-state index in [1.54, 1.807) is 30.5 Å². The summed E-state index contributed by atoms with van der Waals surface area (Å²) < 4.78 is 5.09. The largest absolute Gasteiger partial charge is 0.452 e. The van der Waals surface area contributed by atoms with Gasteiger partial charge in [0.2, 0.25) is 11.8 Å². The van der Waals surface area contributed by atoms with Gasteiger partial charge in [0.15, 0.2) is 6.61 Å². The number of anilines is 1. The monoisotopic (exact) mass is 386 g/mol. The Hall–Kier alpha value is -3.00. The second-order valence-corrected chi connectivity index (χ2v) is 6.91. The van der Waals surface area contributed by atoms with Crippen LogP contribution >= 0.6 is 11.3 Å². The molecule has 27 heavy (non-hydrogen) atoms. The van der Waals surface area contributed by atoms with E-state index in [4.69, 9.17) is 4.74 Å². The van der Waals surface area contributed by atoms with Gasteiger partial charge >= 0.3 is 5.97 Å². The molecule has 8 heteroatoms. The van der Waals surface area contributed by atoms with E-state index in [1.807, 2.05) is 16.8 Å². The highest BCUT2D eigenvalue weighted by atomic mass is 32.1. The molecule has 0 bridgehead atoms. The third-order valence-corrected chi connectivity index (χ3v) is 4.88. The van der Waals surface area contributed by atoms with Crippen molar-refractivity contribution in [1.29, 1.82) is 0 Å². The summed E-state index contributed by atoms with van der Waals surface area (Å²) in [6.45, 7) is 0.0554. The Morgan fingerprint density at radius 3 is 2.59 bits per heavy atom. The van der Waals surface area contributed by atoms with Gasteiger partial charge in [-0.3, -0.25) is 19.3 Å². The zero-order valence-electron chi connectivity index (χ0n) is 14.7. The molecule has 0 unspecified atom stereocenters. The second-order valence-electron chi connectivity index (χ2n) is 6.13. The number of rotatable bonds is 6. The Balaban J connectivity index is 1.59. The first-order valence-electron chi connectivity index (χ1n) is 8.33. The minimum Gasteiger partial charge on any atom is -0.452 e. The number of likely N-dealkylation sites (N-methyl/N-ethyl adjacent to an activating group) is 1. The van der Waals surface area contributed by atoms with Crippen molar-refractivity contribution in [1.82, 2.24) is 4.90 Å². The summed E-state index contributed by atoms with van der Waals surface area (Å²) in [5, 5.41) is 3.87. The molecule has 1 aliphatic rings. The summed E-state index contributed by atoms with van der Waals surface area (Å²) in [7, 11) is 1.64. The van der Waals surface area contributed by atoms with Crippen molar-refractivity contribution in [2.24, 2.45) is 0 Å². The minimum absolute atomic E-state index is 0.165. The van der Waals surface area contributed by atoms with Gasteiger partial charge in [-0.15, -0.1) is 0 Å². The van der Waals surface area contributed by atoms with E-state index in [-0.39, 0.29) is 42.7 Å². The van der Waals surface area contributed by atoms with E-state index >= 15 is 0 Å². The highest BCUT2D eigenvalue weighted by molar-refractivity contribution is 7.07. The predicted octanol–water partition coefficient (Wildman–Crippen LogP) is 2.22. The molecule has 0 N–H and O–H groups in total. The molecule has 1 aromatic heterocycles. The van der Waals surface area contributed by atoms with Crippen LogP contribution < -0.4 is 4.90 Å². The van der Waals surface area contributed by atoms with Crippen LogP contribution in [-0.4, -0.2) is 42.2 Å². The lowest BCUT2D eigenvalue weighted by atomic mass is 10.2. The van der Waals surface area contributed by atoms with Gasteiger partial charge in [0.05, 0.1) is 11.3 Å². The maximum Gasteiger partial charge on any atom is 0.338 e. The van der Waals surface area contributed by atoms with Crippen molar-refractivity contribution < 1.29 is 23.9 Å². The van der Waals surface area contributed by atoms with Crippen molar-refractivity contribution in [2.75, 3.05) is 18.6 Å². The number of benzene rings is 1. The molecule has 7 nitrogen and oxygen atoms in total. The van der Waals surface area contributed by atoms with Gasteiger partial charge in [-0.2, -0.15) is 11.3 Å². The number of nitrogens with zero attached hydrogens (tertiary/aromatic N) is 2. The third kappa shape index (κ3) is 4.40. The molecular formula is C19H18N2O5S. The molecule has 3 amide bonds. The molecule has 1 fully saturated rings. The van der Waals surface area contributed by atoms with Gasteiger partial charge in [0.1, 0.15) is 0 Å². The first-order valence-corrected chi connectivity index (χ1v) is 9.28. The highest BCUT2D eigenvalue weighted by Crippen LogP contribution is 2.23. The van der Waals surface area contributed by atoms with Crippen LogP contribution in [0.2, 0.25) is 0 Å². The molecule has 1 aromatic carbocycles. The number of esters is 1. The van der Waals surface area contributed by atoms with E-state index in [1.165, 1.54) is 17.0 Å². The number of hydrogen-bond acceptors (Lipinski definition) is 6. The fourth-order valence-corrected chi connectivity index (χ4v) is 3.36. The van der Waals surface area contributed by atoms with Gasteiger partial charge < -0.3 is 9.64 Å². The van der Waals surface area contributed by atoms with Crippen LogP contribution in [0.3, 0.4) is 0 Å². The quantitative estimate of drug-likeness (QED) is 0.561. The Kier molecular flexibility index (Phi) is 5.66. The lowest BCUT2D eigenvalue weighted by molar-refractivity contribution is -0.133. The predicted molar refractivity (Wildman–Crippen MR) is 99.2 cm³/mol. The van der Waals surface area contributed by atoms with Crippen molar-refractivity contribution in [3.63, 3.8) is 0 Å². The third-order valence-electron chi connectivity index (χ3n) is 4.14. The zero-order chi connectivity index (χ0) is 19.4. The summed E-state index contributed by atoms with van der Waals surface area (Å²) in [6.07, 6.45) is 0.330. The van der Waals surface area contributed by atoms with Crippen molar-refractivity contribution in [3.05, 3.63) is 52.2 Å². The van der Waals surface area contributed by atoms with Crippen molar-refractivity contribution in [2.45, 2.75) is 19.4 Å². The van der Waals surface area contributed by atoms with Crippen LogP contribution in [0, 0.1) is 0 Å². The number of thiophene rings is 1. The molecule has 2 heterocycles. The minimum atomic E-state index is -0.687. The molecule has 1 saturated heterocycles. The van der Waals surface area contributed by atoms with Gasteiger partial charge in [0, 0.05) is 26.4 Å². The SMILES string of the molecule is CN(Cc1ccsc1)C(=O)COC(=O)c1cccc(N2C(=O)CCC2=O)c1. The normalized spacial score (nSPS) is 13.7. The van der Waals surface area contributed by atoms with Crippen LogP contribution in [0.4, 0.5) is 5.69 Å². The summed E-state index contributed by atoms with van der Waals surface area (Å²) in [6, 6.07) is 8.00. The van der Waals surface area contributed by atoms with Gasteiger partial charge in [-0.05, 0) is 40.6 Å². The lowest BCUT2D eigenvalue weighted by Crippen LogP contribution is -2.31. The van der Waals surface area contributed by atoms with Crippen LogP contribution in [0.25, 0.3) is 0 Å². The Morgan fingerprint density at radius 1 is 1.19 bits per heavy atom. The first-order chi connectivity index (χ1) is 13.0. The van der Waals surface area contributed by atoms with E-state index in [0.717, 1.165) is 10.5 Å². The van der Waals surface area contributed by atoms with Crippen LogP contribution in [0.1, 0.15) is 28.8 Å². The molecule has 0 atom stereocenters. The van der Waals surface area contributed by atoms with E-state index in [2.05, 4.69) is 0 Å². The smallest absolute Gasteiger partial charge is 0.338 e. The topological polar surface area (TPSA) is 84.0 Å². The summed E-state index contributed by atoms with van der Waals surface area (Å²) >= 11 is 1.55. The maximum absolute atomic E-state index is 12.2. The van der Waals surface area contributed by atoms with Crippen LogP contribution in [0.5, 0.6) is 0 Å². The fourth-order valence-electron chi connectivity index (χ4n) is 2.70. The van der Waals surface area contributed by atoms with Gasteiger partial charge in [-0.25, -0.2) is 4.79 Å². The fraction of sp³-hybridized carbons (Fsp3) is 0.263. The van der Waals surface area contributed by atoms with Gasteiger partial charge in [-0.1, -0.05) is 6.07 Å². The molecule has 0 saturated carbocycles. The van der Waals surface area contributed by atoms with Gasteiger partial charge in [0.25, 0.3) is 5.91 Å². The summed E-state index contributed by atoms with van der Waals surface area (Å²) in [5.74, 6) is -1.60. The van der Waals surface area contributed by atoms with Crippen LogP contribution in [0.15, 0.2) is 41.1 Å². The maximum atomic E-state index is 12.2. The number of carbonyl (C=O) groups excluding carboxylic acids is 4. The molecule has 2 aromatic rings. The molecule has 0 aliphatic carbocycles. The summed E-state index contributed by atoms with van der Waals surface area (Å²) in [4.78, 5) is 50.6. The molecule has 1 aliphatic heterocycles. The molecule has 0 spiro atoms. The standard InChI is InChI=1S/C19H18N2O5S/c1-20(10-13-7-8-27-12-13)18(24)11-26-19(25)14-3-2-4-15(9-14)21-16(22)5-6-17(21)23/h2-4,7-9,12H,5-6,10-11H2,1H3. The molecule has 0 radical (unpaired) electrons. The Labute approximate surface area is 160 Å². The van der Waals surface area contributed by atoms with Crippen molar-refractivity contribution in [3.8, 4) is 0 Å². The van der Waals surface area contributed by atoms with Crippen LogP contribution in [-0.2, 0) is 25.7 Å². The molecule has 140 valence electrons. The Bertz CT molecular complexity index is 862. The number of amides is 3. The highest BCUT2D eigenvalue weighted by Gasteiger charge is 2.30. The number of hydrogen-bond donors (Lipinski definition) is 0. The average molecular weight is 386 g/mol. The number of imide groups is 1. The average Bonchev–Trinajstić information content (AvgIpc) is 3.29. The number of ether oxygens (including phenoxy) is 1. The number of carbonyl (C=O) groups is 4. The zero-order valence-corrected chi connectivity index (χ0v) is 15.5. The Morgan fingerprint density at radius 2 is 1.93 bits per heavy atom.